The molecule has 0 spiro atoms. The number of hydrogen-bond acceptors (Lipinski definition) is 3. The van der Waals surface area contributed by atoms with E-state index < -0.39 is 0 Å². The van der Waals surface area contributed by atoms with E-state index in [0.717, 1.165) is 6.42 Å². The summed E-state index contributed by atoms with van der Waals surface area (Å²) in [5.74, 6) is 1.02. The number of amidine groups is 1. The minimum Gasteiger partial charge on any atom is -0.477 e. The fourth-order valence-corrected chi connectivity index (χ4v) is 1.81. The Labute approximate surface area is 109 Å². The van der Waals surface area contributed by atoms with E-state index in [0.29, 0.717) is 24.0 Å². The van der Waals surface area contributed by atoms with Gasteiger partial charge in [-0.05, 0) is 24.5 Å². The topological polar surface area (TPSA) is 72.0 Å². The molecule has 1 rings (SSSR count). The van der Waals surface area contributed by atoms with Crippen molar-refractivity contribution in [2.45, 2.75) is 39.5 Å². The van der Waals surface area contributed by atoms with Crippen molar-refractivity contribution in [1.29, 1.82) is 5.41 Å². The van der Waals surface area contributed by atoms with Gasteiger partial charge in [0, 0.05) is 6.20 Å². The van der Waals surface area contributed by atoms with Crippen molar-refractivity contribution in [3.05, 3.63) is 23.9 Å². The Kier molecular flexibility index (Phi) is 6.19. The molecule has 4 heteroatoms. The normalized spacial score (nSPS) is 12.1. The minimum atomic E-state index is -0.000272. The maximum Gasteiger partial charge on any atom is 0.224 e. The summed E-state index contributed by atoms with van der Waals surface area (Å²) in [6, 6.07) is 3.52. The summed E-state index contributed by atoms with van der Waals surface area (Å²) >= 11 is 0. The highest BCUT2D eigenvalue weighted by atomic mass is 16.5. The molecule has 0 amide bonds. The Hall–Kier alpha value is -1.58. The van der Waals surface area contributed by atoms with E-state index in [4.69, 9.17) is 15.9 Å². The zero-order valence-electron chi connectivity index (χ0n) is 11.3. The number of unbranched alkanes of at least 4 members (excludes halogenated alkanes) is 1. The lowest BCUT2D eigenvalue weighted by Crippen LogP contribution is -2.17. The van der Waals surface area contributed by atoms with E-state index in [1.807, 2.05) is 0 Å². The lowest BCUT2D eigenvalue weighted by molar-refractivity contribution is 0.225. The highest BCUT2D eigenvalue weighted by molar-refractivity contribution is 5.96. The zero-order valence-corrected chi connectivity index (χ0v) is 11.3. The Morgan fingerprint density at radius 3 is 2.89 bits per heavy atom. The van der Waals surface area contributed by atoms with Crippen molar-refractivity contribution < 1.29 is 4.74 Å². The van der Waals surface area contributed by atoms with Crippen LogP contribution in [0.1, 0.15) is 45.1 Å². The molecule has 0 aliphatic carbocycles. The summed E-state index contributed by atoms with van der Waals surface area (Å²) in [6.45, 7) is 5.02. The van der Waals surface area contributed by atoms with Crippen molar-refractivity contribution in [3.63, 3.8) is 0 Å². The molecule has 0 saturated heterocycles. The molecule has 1 aromatic rings. The number of nitrogens with one attached hydrogen (secondary N) is 1. The van der Waals surface area contributed by atoms with Gasteiger partial charge in [0.1, 0.15) is 5.84 Å². The van der Waals surface area contributed by atoms with Gasteiger partial charge in [-0.25, -0.2) is 4.98 Å². The number of hydrogen-bond donors (Lipinski definition) is 2. The third kappa shape index (κ3) is 4.35. The van der Waals surface area contributed by atoms with E-state index in [1.165, 1.54) is 19.3 Å². The van der Waals surface area contributed by atoms with Gasteiger partial charge < -0.3 is 10.5 Å². The summed E-state index contributed by atoms with van der Waals surface area (Å²) in [5.41, 5.74) is 6.07. The second-order valence-electron chi connectivity index (χ2n) is 4.50. The second-order valence-corrected chi connectivity index (χ2v) is 4.50. The first-order chi connectivity index (χ1) is 8.69. The standard InChI is InChI=1S/C14H23N3O/c1-3-5-7-11(4-2)10-18-14-12(13(15)16)8-6-9-17-14/h6,8-9,11H,3-5,7,10H2,1-2H3,(H3,15,16). The number of rotatable bonds is 8. The van der Waals surface area contributed by atoms with Crippen LogP contribution >= 0.6 is 0 Å². The average molecular weight is 249 g/mol. The van der Waals surface area contributed by atoms with Crippen LogP contribution < -0.4 is 10.5 Å². The summed E-state index contributed by atoms with van der Waals surface area (Å²) in [7, 11) is 0. The Bertz CT molecular complexity index is 379. The van der Waals surface area contributed by atoms with Crippen molar-refractivity contribution in [2.75, 3.05) is 6.61 Å². The first-order valence-electron chi connectivity index (χ1n) is 6.61. The van der Waals surface area contributed by atoms with Gasteiger partial charge in [0.15, 0.2) is 0 Å². The molecular formula is C14H23N3O. The predicted molar refractivity (Wildman–Crippen MR) is 74.1 cm³/mol. The summed E-state index contributed by atoms with van der Waals surface area (Å²) in [4.78, 5) is 4.14. The monoisotopic (exact) mass is 249 g/mol. The fourth-order valence-electron chi connectivity index (χ4n) is 1.81. The molecule has 3 N–H and O–H groups in total. The molecule has 0 aromatic carbocycles. The van der Waals surface area contributed by atoms with Crippen LogP contribution in [0.2, 0.25) is 0 Å². The van der Waals surface area contributed by atoms with Gasteiger partial charge in [-0.1, -0.05) is 33.1 Å². The van der Waals surface area contributed by atoms with Crippen LogP contribution in [0, 0.1) is 11.3 Å². The lowest BCUT2D eigenvalue weighted by atomic mass is 10.0. The number of nitrogens with two attached hydrogens (primary N) is 1. The van der Waals surface area contributed by atoms with Crippen molar-refractivity contribution >= 4 is 5.84 Å². The van der Waals surface area contributed by atoms with E-state index in [9.17, 15) is 0 Å². The minimum absolute atomic E-state index is 0.000272. The van der Waals surface area contributed by atoms with E-state index in [1.54, 1.807) is 18.3 Å². The van der Waals surface area contributed by atoms with E-state index in [2.05, 4.69) is 18.8 Å². The van der Waals surface area contributed by atoms with Crippen LogP contribution in [-0.4, -0.2) is 17.4 Å². The third-order valence-corrected chi connectivity index (χ3v) is 3.06. The highest BCUT2D eigenvalue weighted by Gasteiger charge is 2.11. The molecule has 0 aliphatic heterocycles. The average Bonchev–Trinajstić information content (AvgIpc) is 2.39. The molecule has 0 saturated carbocycles. The first kappa shape index (κ1) is 14.5. The molecule has 18 heavy (non-hydrogen) atoms. The molecule has 0 bridgehead atoms. The van der Waals surface area contributed by atoms with Gasteiger partial charge in [-0.2, -0.15) is 0 Å². The Balaban J connectivity index is 2.59. The molecule has 0 aliphatic rings. The zero-order chi connectivity index (χ0) is 13.4. The molecule has 4 nitrogen and oxygen atoms in total. The maximum atomic E-state index is 7.48. The van der Waals surface area contributed by atoms with Crippen molar-refractivity contribution in [3.8, 4) is 5.88 Å². The van der Waals surface area contributed by atoms with Gasteiger partial charge in [0.25, 0.3) is 0 Å². The van der Waals surface area contributed by atoms with Crippen molar-refractivity contribution in [2.24, 2.45) is 11.7 Å². The summed E-state index contributed by atoms with van der Waals surface area (Å²) in [5, 5.41) is 7.48. The molecule has 1 heterocycles. The second kappa shape index (κ2) is 7.69. The number of ether oxygens (including phenoxy) is 1. The van der Waals surface area contributed by atoms with Crippen LogP contribution in [0.4, 0.5) is 0 Å². The van der Waals surface area contributed by atoms with Gasteiger partial charge in [0.2, 0.25) is 5.88 Å². The third-order valence-electron chi connectivity index (χ3n) is 3.06. The molecule has 1 atom stereocenters. The van der Waals surface area contributed by atoms with E-state index in [-0.39, 0.29) is 5.84 Å². The number of nitrogens with zero attached hydrogens (tertiary/aromatic N) is 1. The quantitative estimate of drug-likeness (QED) is 0.549. The van der Waals surface area contributed by atoms with Gasteiger partial charge >= 0.3 is 0 Å². The first-order valence-corrected chi connectivity index (χ1v) is 6.61. The molecule has 0 radical (unpaired) electrons. The molecule has 1 aromatic heterocycles. The smallest absolute Gasteiger partial charge is 0.224 e. The highest BCUT2D eigenvalue weighted by Crippen LogP contribution is 2.18. The van der Waals surface area contributed by atoms with Crippen LogP contribution in [0.15, 0.2) is 18.3 Å². The number of nitrogen functional groups attached to an aromatic ring is 1. The SMILES string of the molecule is CCCCC(CC)COc1ncccc1C(=N)N. The Morgan fingerprint density at radius 2 is 2.28 bits per heavy atom. The summed E-state index contributed by atoms with van der Waals surface area (Å²) in [6.07, 6.45) is 6.37. The lowest BCUT2D eigenvalue weighted by Gasteiger charge is -2.16. The predicted octanol–water partition coefficient (Wildman–Crippen LogP) is 2.96. The molecule has 1 unspecified atom stereocenters. The molecular weight excluding hydrogens is 226 g/mol. The number of pyridine rings is 1. The van der Waals surface area contributed by atoms with Gasteiger partial charge in [-0.15, -0.1) is 0 Å². The largest absolute Gasteiger partial charge is 0.477 e. The van der Waals surface area contributed by atoms with Gasteiger partial charge in [0.05, 0.1) is 12.2 Å². The van der Waals surface area contributed by atoms with Crippen LogP contribution in [0.5, 0.6) is 5.88 Å². The Morgan fingerprint density at radius 1 is 1.50 bits per heavy atom. The maximum absolute atomic E-state index is 7.48. The number of aromatic nitrogens is 1. The summed E-state index contributed by atoms with van der Waals surface area (Å²) < 4.78 is 5.72. The molecule has 100 valence electrons. The van der Waals surface area contributed by atoms with Crippen LogP contribution in [-0.2, 0) is 0 Å². The fraction of sp³-hybridized carbons (Fsp3) is 0.571. The van der Waals surface area contributed by atoms with Crippen molar-refractivity contribution in [1.82, 2.24) is 4.98 Å². The molecule has 0 fully saturated rings. The van der Waals surface area contributed by atoms with Gasteiger partial charge in [-0.3, -0.25) is 5.41 Å². The van der Waals surface area contributed by atoms with Crippen LogP contribution in [0.25, 0.3) is 0 Å². The van der Waals surface area contributed by atoms with Crippen LogP contribution in [0.3, 0.4) is 0 Å². The van der Waals surface area contributed by atoms with E-state index >= 15 is 0 Å².